The minimum absolute atomic E-state index is 0.646. The van der Waals surface area contributed by atoms with E-state index in [0.717, 1.165) is 169 Å². The fourth-order valence-electron chi connectivity index (χ4n) is 13.9. The van der Waals surface area contributed by atoms with E-state index in [2.05, 4.69) is 91.0 Å². The Morgan fingerprint density at radius 3 is 0.286 bits per heavy atom. The average molecular weight is 1840 g/mol. The summed E-state index contributed by atoms with van der Waals surface area (Å²) in [6, 6.07) is 157. The normalized spacial score (nSPS) is 10.0. The zero-order chi connectivity index (χ0) is 99.7. The molecule has 20 aromatic carbocycles. The van der Waals surface area contributed by atoms with E-state index in [9.17, 15) is 0 Å². The molecule has 0 fully saturated rings. The van der Waals surface area contributed by atoms with Gasteiger partial charge >= 0.3 is 0 Å². The van der Waals surface area contributed by atoms with Crippen molar-refractivity contribution in [2.75, 3.05) is 115 Å². The molecule has 0 unspecified atom stereocenters. The maximum Gasteiger partial charge on any atom is 0.0547 e. The quantitative estimate of drug-likeness (QED) is 0.0565. The van der Waals surface area contributed by atoms with E-state index in [1.54, 1.807) is 54.6 Å². The van der Waals surface area contributed by atoms with Crippen LogP contribution < -0.4 is 115 Å². The van der Waals surface area contributed by atoms with Crippen LogP contribution in [0.3, 0.4) is 0 Å². The molecule has 700 valence electrons. The standard InChI is InChI=1S/3C18H16N2.4C12H12N2.3C6H8N2/c19-17-5-1-3-15(11-17)13-7-9-14(10-8-13)16-4-2-6-18(20)12-16;19-17-9-5-15(6-10-17)13-1-2-14(4-3-13)16-7-11-18(20)12-8-16;19-17-10-8-14(9-11-17)13-4-6-15(7-5-13)16-2-1-3-18(20)12-16;13-11-5-1-9(2-6-11)10-3-7-12(14)8-4-10;2*13-11-5-1-3-9(7-11)10-4-2-6-12(14)8-10;13-11-6-4-9(5-7-11)10-2-1-3-12(14)8-10;7-5-1-2-6(8)4-3-5;7-5-2-1-3-6(8)4-5;7-5-3-1-2-4-6(5)8/h3*1-12H,19-20H2;4*1-8H,13-14H2;3*1-4H,7-8H2. The molecule has 0 heterocycles. The molecule has 20 aromatic rings. The van der Waals surface area contributed by atoms with Gasteiger partial charge in [-0.05, 0) is 336 Å². The fraction of sp³-hybridized carbons (Fsp3) is 0. The molecule has 0 spiro atoms. The highest BCUT2D eigenvalue weighted by Gasteiger charge is 2.08. The minimum atomic E-state index is 0.646. The third-order valence-corrected chi connectivity index (χ3v) is 21.4. The van der Waals surface area contributed by atoms with Crippen molar-refractivity contribution in [2.45, 2.75) is 0 Å². The number of benzene rings is 20. The van der Waals surface area contributed by atoms with Crippen LogP contribution in [0.15, 0.2) is 485 Å². The molecule has 0 saturated carbocycles. The second kappa shape index (κ2) is 51.4. The molecule has 0 aromatic heterocycles. The Morgan fingerprint density at radius 1 is 0.0714 bits per heavy atom. The zero-order valence-corrected chi connectivity index (χ0v) is 77.7. The lowest BCUT2D eigenvalue weighted by molar-refractivity contribution is 1.58. The molecule has 140 heavy (non-hydrogen) atoms. The Bertz CT molecular complexity index is 6810. The lowest BCUT2D eigenvalue weighted by Crippen LogP contribution is -1.91. The summed E-state index contributed by atoms with van der Waals surface area (Å²) in [6.45, 7) is 0. The van der Waals surface area contributed by atoms with E-state index < -0.39 is 0 Å². The number of anilines is 20. The summed E-state index contributed by atoms with van der Waals surface area (Å²) >= 11 is 0. The van der Waals surface area contributed by atoms with Crippen LogP contribution >= 0.6 is 0 Å². The van der Waals surface area contributed by atoms with Crippen molar-refractivity contribution in [1.82, 2.24) is 0 Å². The molecule has 0 aliphatic heterocycles. The van der Waals surface area contributed by atoms with E-state index >= 15 is 0 Å². The van der Waals surface area contributed by atoms with E-state index in [1.165, 1.54) is 33.4 Å². The highest BCUT2D eigenvalue weighted by Crippen LogP contribution is 2.33. The molecule has 0 amide bonds. The van der Waals surface area contributed by atoms with Crippen LogP contribution in [0.4, 0.5) is 114 Å². The molecule has 20 rings (SSSR count). The molecule has 0 bridgehead atoms. The molecule has 0 atom stereocenters. The molecule has 40 N–H and O–H groups in total. The van der Waals surface area contributed by atoms with Crippen molar-refractivity contribution in [3.8, 4) is 111 Å². The summed E-state index contributed by atoms with van der Waals surface area (Å²) < 4.78 is 0. The molecule has 0 aliphatic rings. The molecule has 20 heteroatoms. The van der Waals surface area contributed by atoms with Gasteiger partial charge in [-0.25, -0.2) is 0 Å². The van der Waals surface area contributed by atoms with Crippen molar-refractivity contribution >= 4 is 114 Å². The van der Waals surface area contributed by atoms with Crippen LogP contribution in [0.2, 0.25) is 0 Å². The number of nitrogen functional groups attached to an aromatic ring is 20. The topological polar surface area (TPSA) is 520 Å². The summed E-state index contributed by atoms with van der Waals surface area (Å²) in [5.41, 5.74) is 150. The minimum Gasteiger partial charge on any atom is -0.399 e. The van der Waals surface area contributed by atoms with Gasteiger partial charge in [0.25, 0.3) is 0 Å². The molecule has 0 saturated heterocycles. The van der Waals surface area contributed by atoms with E-state index in [-0.39, 0.29) is 0 Å². The predicted octanol–water partition coefficient (Wildman–Crippen LogP) is 25.2. The number of hydrogen-bond donors (Lipinski definition) is 20. The Balaban J connectivity index is 0.000000151. The van der Waals surface area contributed by atoms with Gasteiger partial charge in [0.15, 0.2) is 0 Å². The summed E-state index contributed by atoms with van der Waals surface area (Å²) in [4.78, 5) is 0. The number of rotatable bonds is 10. The van der Waals surface area contributed by atoms with Crippen LogP contribution in [0.1, 0.15) is 0 Å². The largest absolute Gasteiger partial charge is 0.399 e. The molecular weight excluding hydrogens is 1720 g/mol. The Hall–Kier alpha value is -19.6. The maximum atomic E-state index is 5.82. The van der Waals surface area contributed by atoms with Crippen molar-refractivity contribution in [3.63, 3.8) is 0 Å². The van der Waals surface area contributed by atoms with Crippen LogP contribution in [0, 0.1) is 0 Å². The first-order valence-electron chi connectivity index (χ1n) is 44.7. The van der Waals surface area contributed by atoms with Gasteiger partial charge in [-0.1, -0.05) is 261 Å². The molecule has 0 aliphatic carbocycles. The monoisotopic (exact) mass is 1840 g/mol. The summed E-state index contributed by atoms with van der Waals surface area (Å²) in [6.07, 6.45) is 0. The Morgan fingerprint density at radius 2 is 0.171 bits per heavy atom. The second-order valence-corrected chi connectivity index (χ2v) is 32.4. The maximum absolute atomic E-state index is 5.82. The summed E-state index contributed by atoms with van der Waals surface area (Å²) in [5, 5.41) is 0. The Kier molecular flexibility index (Phi) is 37.1. The van der Waals surface area contributed by atoms with Crippen molar-refractivity contribution in [2.24, 2.45) is 0 Å². The third kappa shape index (κ3) is 33.3. The van der Waals surface area contributed by atoms with Crippen LogP contribution in [0.5, 0.6) is 0 Å². The van der Waals surface area contributed by atoms with Crippen molar-refractivity contribution in [1.29, 1.82) is 0 Å². The highest BCUT2D eigenvalue weighted by atomic mass is 14.7. The first-order chi connectivity index (χ1) is 67.6. The molecule has 20 nitrogen and oxygen atoms in total. The third-order valence-electron chi connectivity index (χ3n) is 21.4. The van der Waals surface area contributed by atoms with E-state index in [0.29, 0.717) is 22.7 Å². The van der Waals surface area contributed by atoms with Gasteiger partial charge in [0.1, 0.15) is 0 Å². The second-order valence-electron chi connectivity index (χ2n) is 32.4. The number of hydrogen-bond acceptors (Lipinski definition) is 20. The lowest BCUT2D eigenvalue weighted by Gasteiger charge is -2.06. The first-order valence-corrected chi connectivity index (χ1v) is 44.7. The van der Waals surface area contributed by atoms with Gasteiger partial charge < -0.3 is 115 Å². The fourth-order valence-corrected chi connectivity index (χ4v) is 13.9. The molecule has 0 radical (unpaired) electrons. The SMILES string of the molecule is Nc1ccc(-c2ccc(-c3ccc(N)cc3)cc2)cc1.Nc1ccc(-c2ccc(-c3cccc(N)c3)cc2)cc1.Nc1ccc(-c2ccc(N)cc2)cc1.Nc1ccc(-c2cccc(N)c2)cc1.Nc1ccc(N)cc1.Nc1cccc(-c2ccc(-c3cccc(N)c3)cc2)c1.Nc1cccc(-c2cccc(N)c2)c1.Nc1cccc(-c2cccc(N)c2)c1.Nc1cccc(N)c1.Nc1ccccc1N. The van der Waals surface area contributed by atoms with Gasteiger partial charge in [0.05, 0.1) is 11.4 Å². The smallest absolute Gasteiger partial charge is 0.0547 e. The van der Waals surface area contributed by atoms with Gasteiger partial charge in [0.2, 0.25) is 0 Å². The van der Waals surface area contributed by atoms with Gasteiger partial charge in [-0.15, -0.1) is 0 Å². The first kappa shape index (κ1) is 101. The molecular formula is C120H120N20. The van der Waals surface area contributed by atoms with Gasteiger partial charge in [-0.2, -0.15) is 0 Å². The zero-order valence-electron chi connectivity index (χ0n) is 77.7. The van der Waals surface area contributed by atoms with E-state index in [1.807, 2.05) is 340 Å². The van der Waals surface area contributed by atoms with Crippen LogP contribution in [-0.2, 0) is 0 Å². The predicted molar refractivity (Wildman–Crippen MR) is 607 cm³/mol. The number of nitrogens with two attached hydrogens (primary N) is 20. The number of para-hydroxylation sites is 2. The summed E-state index contributed by atoms with van der Waals surface area (Å²) in [7, 11) is 0. The average Bonchev–Trinajstić information content (AvgIpc) is 0.820. The van der Waals surface area contributed by atoms with Crippen LogP contribution in [0.25, 0.3) is 111 Å². The van der Waals surface area contributed by atoms with E-state index in [4.69, 9.17) is 115 Å². The summed E-state index contributed by atoms with van der Waals surface area (Å²) in [5.74, 6) is 0. The van der Waals surface area contributed by atoms with Crippen LogP contribution in [-0.4, -0.2) is 0 Å². The van der Waals surface area contributed by atoms with Gasteiger partial charge in [-0.3, -0.25) is 0 Å². The van der Waals surface area contributed by atoms with Crippen molar-refractivity contribution in [3.05, 3.63) is 485 Å². The lowest BCUT2D eigenvalue weighted by atomic mass is 10.00. The highest BCUT2D eigenvalue weighted by molar-refractivity contribution is 5.79. The van der Waals surface area contributed by atoms with Gasteiger partial charge in [0, 0.05) is 102 Å². The Labute approximate surface area is 819 Å². The van der Waals surface area contributed by atoms with Crippen molar-refractivity contribution < 1.29 is 0 Å².